The zero-order valence-corrected chi connectivity index (χ0v) is 9.85. The molecule has 1 saturated heterocycles. The molecule has 0 aromatic carbocycles. The minimum Gasteiger partial charge on any atom is -0.378 e. The fraction of sp³-hybridized carbons (Fsp3) is 0.538. The number of hydrogen-bond donors (Lipinski definition) is 1. The Morgan fingerprint density at radius 2 is 2.41 bits per heavy atom. The van der Waals surface area contributed by atoms with Crippen molar-refractivity contribution in [3.8, 4) is 6.07 Å². The van der Waals surface area contributed by atoms with Gasteiger partial charge in [0.25, 0.3) is 0 Å². The minimum absolute atomic E-state index is 0.398. The van der Waals surface area contributed by atoms with Gasteiger partial charge in [0.1, 0.15) is 11.9 Å². The summed E-state index contributed by atoms with van der Waals surface area (Å²) in [6.07, 6.45) is 6.64. The number of rotatable bonds is 4. The quantitative estimate of drug-likeness (QED) is 0.864. The van der Waals surface area contributed by atoms with Crippen LogP contribution >= 0.6 is 0 Å². The highest BCUT2D eigenvalue weighted by Crippen LogP contribution is 2.15. The van der Waals surface area contributed by atoms with Crippen LogP contribution in [0.1, 0.15) is 31.2 Å². The van der Waals surface area contributed by atoms with Crippen LogP contribution in [-0.2, 0) is 4.74 Å². The number of nitrogens with one attached hydrogen (secondary N) is 1. The summed E-state index contributed by atoms with van der Waals surface area (Å²) in [6.45, 7) is 1.77. The fourth-order valence-corrected chi connectivity index (χ4v) is 1.96. The summed E-state index contributed by atoms with van der Waals surface area (Å²) in [7, 11) is 0. The molecule has 1 fully saturated rings. The molecule has 4 nitrogen and oxygen atoms in total. The van der Waals surface area contributed by atoms with Crippen molar-refractivity contribution in [2.45, 2.75) is 31.8 Å². The van der Waals surface area contributed by atoms with Crippen LogP contribution in [0.3, 0.4) is 0 Å². The molecule has 0 saturated carbocycles. The average molecular weight is 231 g/mol. The van der Waals surface area contributed by atoms with Gasteiger partial charge in [-0.1, -0.05) is 0 Å². The standard InChI is InChI=1S/C13H17N3O/c14-9-11-4-5-13(16-10-11)15-7-6-12-3-1-2-8-17-12/h4-5,10,12H,1-3,6-8H2,(H,15,16). The van der Waals surface area contributed by atoms with Gasteiger partial charge in [0.15, 0.2) is 0 Å². The van der Waals surface area contributed by atoms with Crippen LogP contribution in [0.2, 0.25) is 0 Å². The number of anilines is 1. The normalized spacial score (nSPS) is 19.6. The van der Waals surface area contributed by atoms with E-state index in [9.17, 15) is 0 Å². The lowest BCUT2D eigenvalue weighted by molar-refractivity contribution is 0.0134. The second-order valence-corrected chi connectivity index (χ2v) is 4.25. The molecule has 1 aromatic rings. The molecule has 17 heavy (non-hydrogen) atoms. The lowest BCUT2D eigenvalue weighted by Crippen LogP contribution is -2.22. The SMILES string of the molecule is N#Cc1ccc(NCCC2CCCCO2)nc1. The lowest BCUT2D eigenvalue weighted by atomic mass is 10.1. The van der Waals surface area contributed by atoms with Gasteiger partial charge in [0, 0.05) is 19.3 Å². The summed E-state index contributed by atoms with van der Waals surface area (Å²) in [6, 6.07) is 5.66. The van der Waals surface area contributed by atoms with E-state index in [0.29, 0.717) is 11.7 Å². The Balaban J connectivity index is 1.72. The topological polar surface area (TPSA) is 57.9 Å². The maximum Gasteiger partial charge on any atom is 0.125 e. The lowest BCUT2D eigenvalue weighted by Gasteiger charge is -2.22. The van der Waals surface area contributed by atoms with E-state index in [0.717, 1.165) is 25.4 Å². The molecule has 0 bridgehead atoms. The van der Waals surface area contributed by atoms with Crippen LogP contribution in [0, 0.1) is 11.3 Å². The van der Waals surface area contributed by atoms with E-state index in [1.54, 1.807) is 12.3 Å². The van der Waals surface area contributed by atoms with Crippen molar-refractivity contribution in [2.24, 2.45) is 0 Å². The van der Waals surface area contributed by atoms with Crippen molar-refractivity contribution in [2.75, 3.05) is 18.5 Å². The van der Waals surface area contributed by atoms with Crippen molar-refractivity contribution < 1.29 is 4.74 Å². The number of ether oxygens (including phenoxy) is 1. The van der Waals surface area contributed by atoms with E-state index in [-0.39, 0.29) is 0 Å². The van der Waals surface area contributed by atoms with Gasteiger partial charge in [0.2, 0.25) is 0 Å². The van der Waals surface area contributed by atoms with Crippen LogP contribution in [0.25, 0.3) is 0 Å². The monoisotopic (exact) mass is 231 g/mol. The third-order valence-corrected chi connectivity index (χ3v) is 2.94. The minimum atomic E-state index is 0.398. The Hall–Kier alpha value is -1.60. The second kappa shape index (κ2) is 6.21. The molecule has 2 heterocycles. The summed E-state index contributed by atoms with van der Waals surface area (Å²) in [5.74, 6) is 0.819. The predicted octanol–water partition coefficient (Wildman–Crippen LogP) is 2.32. The van der Waals surface area contributed by atoms with E-state index >= 15 is 0 Å². The van der Waals surface area contributed by atoms with Crippen LogP contribution in [-0.4, -0.2) is 24.2 Å². The number of nitrogens with zero attached hydrogens (tertiary/aromatic N) is 2. The molecule has 0 radical (unpaired) electrons. The first kappa shape index (κ1) is 11.9. The largest absolute Gasteiger partial charge is 0.378 e. The zero-order chi connectivity index (χ0) is 11.9. The van der Waals surface area contributed by atoms with Crippen LogP contribution in [0.5, 0.6) is 0 Å². The fourth-order valence-electron chi connectivity index (χ4n) is 1.96. The summed E-state index contributed by atoms with van der Waals surface area (Å²) in [4.78, 5) is 4.16. The second-order valence-electron chi connectivity index (χ2n) is 4.25. The summed E-state index contributed by atoms with van der Waals surface area (Å²) < 4.78 is 5.65. The molecule has 1 aliphatic heterocycles. The molecule has 2 rings (SSSR count). The number of aromatic nitrogens is 1. The molecule has 1 N–H and O–H groups in total. The Kier molecular flexibility index (Phi) is 4.34. The molecular formula is C13H17N3O. The molecule has 0 amide bonds. The molecule has 4 heteroatoms. The van der Waals surface area contributed by atoms with Crippen molar-refractivity contribution in [3.05, 3.63) is 23.9 Å². The molecule has 1 unspecified atom stereocenters. The maximum atomic E-state index is 8.65. The van der Waals surface area contributed by atoms with Crippen molar-refractivity contribution in [1.82, 2.24) is 4.98 Å². The maximum absolute atomic E-state index is 8.65. The van der Waals surface area contributed by atoms with Gasteiger partial charge in [-0.25, -0.2) is 4.98 Å². The molecule has 1 aromatic heterocycles. The molecular weight excluding hydrogens is 214 g/mol. The van der Waals surface area contributed by atoms with E-state index in [1.807, 2.05) is 6.07 Å². The Morgan fingerprint density at radius 1 is 1.47 bits per heavy atom. The van der Waals surface area contributed by atoms with Gasteiger partial charge >= 0.3 is 0 Å². The highest BCUT2D eigenvalue weighted by atomic mass is 16.5. The summed E-state index contributed by atoms with van der Waals surface area (Å²) in [5.41, 5.74) is 0.589. The first-order valence-electron chi connectivity index (χ1n) is 6.10. The van der Waals surface area contributed by atoms with E-state index < -0.39 is 0 Å². The predicted molar refractivity (Wildman–Crippen MR) is 65.6 cm³/mol. The molecule has 0 aliphatic carbocycles. The Labute approximate surface area is 102 Å². The van der Waals surface area contributed by atoms with E-state index in [4.69, 9.17) is 10.00 Å². The third-order valence-electron chi connectivity index (χ3n) is 2.94. The van der Waals surface area contributed by atoms with Gasteiger partial charge in [-0.05, 0) is 37.8 Å². The van der Waals surface area contributed by atoms with Gasteiger partial charge in [-0.2, -0.15) is 5.26 Å². The first-order chi connectivity index (χ1) is 8.38. The zero-order valence-electron chi connectivity index (χ0n) is 9.85. The average Bonchev–Trinajstić information content (AvgIpc) is 2.41. The van der Waals surface area contributed by atoms with Crippen LogP contribution in [0.15, 0.2) is 18.3 Å². The smallest absolute Gasteiger partial charge is 0.125 e. The van der Waals surface area contributed by atoms with Crippen LogP contribution < -0.4 is 5.32 Å². The van der Waals surface area contributed by atoms with Crippen molar-refractivity contribution in [3.63, 3.8) is 0 Å². The highest BCUT2D eigenvalue weighted by molar-refractivity contribution is 5.38. The third kappa shape index (κ3) is 3.72. The van der Waals surface area contributed by atoms with Crippen molar-refractivity contribution in [1.29, 1.82) is 5.26 Å². The number of pyridine rings is 1. The number of hydrogen-bond acceptors (Lipinski definition) is 4. The Morgan fingerprint density at radius 3 is 3.06 bits per heavy atom. The van der Waals surface area contributed by atoms with Gasteiger partial charge in [-0.15, -0.1) is 0 Å². The van der Waals surface area contributed by atoms with Crippen molar-refractivity contribution >= 4 is 5.82 Å². The van der Waals surface area contributed by atoms with E-state index in [1.165, 1.54) is 19.3 Å². The highest BCUT2D eigenvalue weighted by Gasteiger charge is 2.12. The van der Waals surface area contributed by atoms with Gasteiger partial charge in [-0.3, -0.25) is 0 Å². The van der Waals surface area contributed by atoms with Gasteiger partial charge in [0.05, 0.1) is 11.7 Å². The van der Waals surface area contributed by atoms with Gasteiger partial charge < -0.3 is 10.1 Å². The summed E-state index contributed by atoms with van der Waals surface area (Å²) >= 11 is 0. The Bertz CT molecular complexity index is 377. The molecule has 1 aliphatic rings. The first-order valence-corrected chi connectivity index (χ1v) is 6.10. The number of nitriles is 1. The molecule has 0 spiro atoms. The van der Waals surface area contributed by atoms with Crippen LogP contribution in [0.4, 0.5) is 5.82 Å². The molecule has 90 valence electrons. The summed E-state index contributed by atoms with van der Waals surface area (Å²) in [5, 5.41) is 11.9. The molecule has 1 atom stereocenters. The van der Waals surface area contributed by atoms with E-state index in [2.05, 4.69) is 16.4 Å².